The quantitative estimate of drug-likeness (QED) is 0.521. The van der Waals surface area contributed by atoms with Crippen molar-refractivity contribution in [3.63, 3.8) is 0 Å². The highest BCUT2D eigenvalue weighted by Gasteiger charge is 2.24. The molecule has 3 atom stereocenters. The van der Waals surface area contributed by atoms with E-state index in [9.17, 15) is 4.79 Å². The molecule has 0 aliphatic carbocycles. The lowest BCUT2D eigenvalue weighted by Gasteiger charge is -2.27. The summed E-state index contributed by atoms with van der Waals surface area (Å²) in [5.41, 5.74) is 0.299. The Labute approximate surface area is 204 Å². The van der Waals surface area contributed by atoms with E-state index in [1.54, 1.807) is 6.20 Å². The first-order valence-corrected chi connectivity index (χ1v) is 12.0. The maximum Gasteiger partial charge on any atom is 0.407 e. The van der Waals surface area contributed by atoms with Crippen LogP contribution in [0.25, 0.3) is 0 Å². The molecule has 1 unspecified atom stereocenters. The number of hydrogen-bond donors (Lipinski definition) is 1. The number of amides is 1. The van der Waals surface area contributed by atoms with Crippen LogP contribution >= 0.6 is 15.9 Å². The Hall–Kier alpha value is -2.34. The number of ether oxygens (including phenoxy) is 3. The summed E-state index contributed by atoms with van der Waals surface area (Å²) in [4.78, 5) is 16.8. The zero-order valence-electron chi connectivity index (χ0n) is 19.6. The number of rotatable bonds is 6. The van der Waals surface area contributed by atoms with Gasteiger partial charge < -0.3 is 24.1 Å². The first-order chi connectivity index (χ1) is 15.7. The topological polar surface area (TPSA) is 74.6 Å². The van der Waals surface area contributed by atoms with E-state index in [0.717, 1.165) is 35.1 Å². The molecule has 8 heteroatoms. The molecule has 3 rings (SSSR count). The van der Waals surface area contributed by atoms with E-state index in [-0.39, 0.29) is 25.0 Å². The Bertz CT molecular complexity index is 966. The summed E-state index contributed by atoms with van der Waals surface area (Å²) in [6, 6.07) is 7.41. The van der Waals surface area contributed by atoms with Crippen LogP contribution in [-0.4, -0.2) is 40.7 Å². The van der Waals surface area contributed by atoms with Crippen molar-refractivity contribution in [2.75, 3.05) is 13.2 Å². The Kier molecular flexibility index (Phi) is 8.95. The third kappa shape index (κ3) is 8.18. The van der Waals surface area contributed by atoms with E-state index < -0.39 is 11.7 Å². The first kappa shape index (κ1) is 25.3. The fourth-order valence-electron chi connectivity index (χ4n) is 3.42. The first-order valence-electron chi connectivity index (χ1n) is 11.2. The van der Waals surface area contributed by atoms with Gasteiger partial charge in [0.25, 0.3) is 0 Å². The molecule has 0 saturated carbocycles. The van der Waals surface area contributed by atoms with Gasteiger partial charge in [-0.2, -0.15) is 0 Å². The van der Waals surface area contributed by atoms with Gasteiger partial charge in [-0.1, -0.05) is 27.8 Å². The predicted molar refractivity (Wildman–Crippen MR) is 130 cm³/mol. The molecule has 1 aliphatic heterocycles. The van der Waals surface area contributed by atoms with Gasteiger partial charge in [0, 0.05) is 29.0 Å². The van der Waals surface area contributed by atoms with Crippen LogP contribution in [0.1, 0.15) is 70.5 Å². The van der Waals surface area contributed by atoms with E-state index in [2.05, 4.69) is 38.1 Å². The normalized spacial score (nSPS) is 18.0. The number of nitrogens with one attached hydrogen (secondary N) is 1. The van der Waals surface area contributed by atoms with Crippen LogP contribution in [-0.2, 0) is 14.2 Å². The van der Waals surface area contributed by atoms with Gasteiger partial charge in [0.2, 0.25) is 0 Å². The summed E-state index contributed by atoms with van der Waals surface area (Å²) < 4.78 is 20.2. The lowest BCUT2D eigenvalue weighted by atomic mass is 10.2. The van der Waals surface area contributed by atoms with Crippen molar-refractivity contribution < 1.29 is 19.0 Å². The molecule has 1 amide bonds. The SMILES string of the molecule is C[C@H](OC1CCCCO1)c1nccn1[C@@H](C#Cc1ccc(Br)cc1)CNC(=O)OC(C)(C)C. The molecule has 1 N–H and O–H groups in total. The highest BCUT2D eigenvalue weighted by Crippen LogP contribution is 2.24. The van der Waals surface area contributed by atoms with E-state index >= 15 is 0 Å². The van der Waals surface area contributed by atoms with Crippen LogP contribution < -0.4 is 5.32 Å². The van der Waals surface area contributed by atoms with Crippen LogP contribution in [0.4, 0.5) is 4.79 Å². The summed E-state index contributed by atoms with van der Waals surface area (Å²) in [5.74, 6) is 7.21. The Balaban J connectivity index is 1.79. The molecular weight excluding hydrogens is 486 g/mol. The predicted octanol–water partition coefficient (Wildman–Crippen LogP) is 5.37. The lowest BCUT2D eigenvalue weighted by Crippen LogP contribution is -2.36. The molecule has 7 nitrogen and oxygen atoms in total. The number of halogens is 1. The molecule has 0 radical (unpaired) electrons. The smallest absolute Gasteiger partial charge is 0.407 e. The molecule has 178 valence electrons. The van der Waals surface area contributed by atoms with Gasteiger partial charge in [-0.15, -0.1) is 0 Å². The number of hydrogen-bond acceptors (Lipinski definition) is 5. The fraction of sp³-hybridized carbons (Fsp3) is 0.520. The molecule has 1 aliphatic rings. The molecule has 0 bridgehead atoms. The average Bonchev–Trinajstić information content (AvgIpc) is 3.24. The molecular formula is C25H32BrN3O4. The third-order valence-electron chi connectivity index (χ3n) is 4.96. The summed E-state index contributed by atoms with van der Waals surface area (Å²) in [7, 11) is 0. The maximum atomic E-state index is 12.3. The van der Waals surface area contributed by atoms with Crippen molar-refractivity contribution in [1.82, 2.24) is 14.9 Å². The number of carbonyl (C=O) groups is 1. The van der Waals surface area contributed by atoms with Crippen LogP contribution in [0.3, 0.4) is 0 Å². The molecule has 1 aromatic carbocycles. The van der Waals surface area contributed by atoms with E-state index in [1.807, 2.05) is 62.7 Å². The van der Waals surface area contributed by atoms with Crippen molar-refractivity contribution in [3.05, 3.63) is 52.5 Å². The number of alkyl carbamates (subject to hydrolysis) is 1. The second-order valence-corrected chi connectivity index (χ2v) is 9.86. The summed E-state index contributed by atoms with van der Waals surface area (Å²) in [5, 5.41) is 2.84. The Morgan fingerprint density at radius 1 is 1.33 bits per heavy atom. The maximum absolute atomic E-state index is 12.3. The number of benzene rings is 1. The van der Waals surface area contributed by atoms with Gasteiger partial charge >= 0.3 is 6.09 Å². The van der Waals surface area contributed by atoms with Crippen molar-refractivity contribution in [2.45, 2.75) is 71.0 Å². The minimum absolute atomic E-state index is 0.230. The molecule has 2 heterocycles. The van der Waals surface area contributed by atoms with Crippen molar-refractivity contribution in [2.24, 2.45) is 0 Å². The highest BCUT2D eigenvalue weighted by atomic mass is 79.9. The summed E-state index contributed by atoms with van der Waals surface area (Å²) >= 11 is 3.44. The largest absolute Gasteiger partial charge is 0.444 e. The minimum Gasteiger partial charge on any atom is -0.444 e. The Morgan fingerprint density at radius 2 is 2.09 bits per heavy atom. The van der Waals surface area contributed by atoms with Gasteiger partial charge in [-0.3, -0.25) is 0 Å². The molecule has 2 aromatic rings. The second-order valence-electron chi connectivity index (χ2n) is 8.94. The zero-order valence-corrected chi connectivity index (χ0v) is 21.2. The van der Waals surface area contributed by atoms with Gasteiger partial charge in [0.15, 0.2) is 6.29 Å². The molecule has 1 aromatic heterocycles. The van der Waals surface area contributed by atoms with E-state index in [1.165, 1.54) is 0 Å². The van der Waals surface area contributed by atoms with Crippen LogP contribution in [0.5, 0.6) is 0 Å². The number of aromatic nitrogens is 2. The van der Waals surface area contributed by atoms with Crippen LogP contribution in [0.2, 0.25) is 0 Å². The standard InChI is InChI=1S/C25H32BrN3O4/c1-18(32-22-7-5-6-16-31-22)23-27-14-15-29(23)21(17-28-24(30)33-25(2,3)4)13-10-19-8-11-20(26)12-9-19/h8-9,11-12,14-15,18,21-22H,5-7,16-17H2,1-4H3,(H,28,30)/t18-,21-,22?/m0/s1. The van der Waals surface area contributed by atoms with Crippen LogP contribution in [0, 0.1) is 11.8 Å². The molecule has 1 fully saturated rings. The molecule has 1 saturated heterocycles. The summed E-state index contributed by atoms with van der Waals surface area (Å²) in [6.07, 6.45) is 5.60. The van der Waals surface area contributed by atoms with Crippen molar-refractivity contribution >= 4 is 22.0 Å². The minimum atomic E-state index is -0.578. The molecule has 0 spiro atoms. The average molecular weight is 518 g/mol. The van der Waals surface area contributed by atoms with Crippen LogP contribution in [0.15, 0.2) is 41.1 Å². The lowest BCUT2D eigenvalue weighted by molar-refractivity contribution is -0.188. The number of imidazole rings is 1. The zero-order chi connectivity index (χ0) is 23.8. The van der Waals surface area contributed by atoms with Crippen molar-refractivity contribution in [1.29, 1.82) is 0 Å². The highest BCUT2D eigenvalue weighted by molar-refractivity contribution is 9.10. The number of nitrogens with zero attached hydrogens (tertiary/aromatic N) is 2. The van der Waals surface area contributed by atoms with E-state index in [4.69, 9.17) is 14.2 Å². The number of carbonyl (C=O) groups excluding carboxylic acids is 1. The van der Waals surface area contributed by atoms with Gasteiger partial charge in [-0.25, -0.2) is 9.78 Å². The summed E-state index contributed by atoms with van der Waals surface area (Å²) in [6.45, 7) is 8.42. The third-order valence-corrected chi connectivity index (χ3v) is 5.49. The van der Waals surface area contributed by atoms with E-state index in [0.29, 0.717) is 6.61 Å². The Morgan fingerprint density at radius 3 is 2.76 bits per heavy atom. The van der Waals surface area contributed by atoms with Crippen molar-refractivity contribution in [3.8, 4) is 11.8 Å². The van der Waals surface area contributed by atoms with Gasteiger partial charge in [0.05, 0.1) is 6.54 Å². The molecule has 33 heavy (non-hydrogen) atoms. The van der Waals surface area contributed by atoms with Gasteiger partial charge in [0.1, 0.15) is 23.6 Å². The van der Waals surface area contributed by atoms with Gasteiger partial charge in [-0.05, 0) is 71.2 Å². The second kappa shape index (κ2) is 11.7. The fourth-order valence-corrected chi connectivity index (χ4v) is 3.69. The monoisotopic (exact) mass is 517 g/mol.